The van der Waals surface area contributed by atoms with Crippen molar-refractivity contribution in [3.05, 3.63) is 21.9 Å². The molecule has 1 aliphatic carbocycles. The highest BCUT2D eigenvalue weighted by Gasteiger charge is 2.48. The lowest BCUT2D eigenvalue weighted by Crippen LogP contribution is -2.56. The van der Waals surface area contributed by atoms with E-state index in [4.69, 9.17) is 0 Å². The van der Waals surface area contributed by atoms with E-state index in [9.17, 15) is 14.7 Å². The smallest absolute Gasteiger partial charge is 0.329 e. The molecule has 0 radical (unpaired) electrons. The van der Waals surface area contributed by atoms with Crippen LogP contribution in [0.5, 0.6) is 0 Å². The number of carboxylic acid groups (broad SMARTS) is 1. The quantitative estimate of drug-likeness (QED) is 0.774. The molecule has 0 spiro atoms. The molecule has 1 aliphatic rings. The monoisotopic (exact) mass is 282 g/mol. The molecule has 1 fully saturated rings. The van der Waals surface area contributed by atoms with Crippen LogP contribution in [-0.4, -0.2) is 22.6 Å². The second-order valence-electron chi connectivity index (χ2n) is 5.17. The Morgan fingerprint density at radius 1 is 1.47 bits per heavy atom. The van der Waals surface area contributed by atoms with Crippen LogP contribution in [-0.2, 0) is 11.3 Å². The van der Waals surface area contributed by atoms with Gasteiger partial charge in [0.15, 0.2) is 0 Å². The maximum atomic E-state index is 11.8. The van der Waals surface area contributed by atoms with Gasteiger partial charge in [0.05, 0.1) is 0 Å². The third-order valence-corrected chi connectivity index (χ3v) is 4.52. The van der Waals surface area contributed by atoms with Gasteiger partial charge in [-0.3, -0.25) is 0 Å². The predicted octanol–water partition coefficient (Wildman–Crippen LogP) is 2.11. The number of carboxylic acids is 1. The number of thiophene rings is 1. The van der Waals surface area contributed by atoms with E-state index in [1.165, 1.54) is 0 Å². The van der Waals surface area contributed by atoms with Gasteiger partial charge >= 0.3 is 12.0 Å². The Kier molecular flexibility index (Phi) is 3.80. The van der Waals surface area contributed by atoms with Gasteiger partial charge in [-0.05, 0) is 54.5 Å². The van der Waals surface area contributed by atoms with Crippen LogP contribution >= 0.6 is 11.3 Å². The molecule has 1 unspecified atom stereocenters. The molecular weight excluding hydrogens is 264 g/mol. The Hall–Kier alpha value is -1.56. The number of amides is 2. The topological polar surface area (TPSA) is 78.4 Å². The van der Waals surface area contributed by atoms with E-state index in [0.29, 0.717) is 6.54 Å². The highest BCUT2D eigenvalue weighted by molar-refractivity contribution is 7.08. The van der Waals surface area contributed by atoms with Crippen molar-refractivity contribution >= 4 is 23.3 Å². The number of hydrogen-bond acceptors (Lipinski definition) is 3. The van der Waals surface area contributed by atoms with Gasteiger partial charge in [-0.1, -0.05) is 0 Å². The van der Waals surface area contributed by atoms with Gasteiger partial charge in [-0.2, -0.15) is 11.3 Å². The van der Waals surface area contributed by atoms with E-state index in [1.807, 2.05) is 17.7 Å². The Balaban J connectivity index is 1.90. The largest absolute Gasteiger partial charge is 0.480 e. The molecule has 104 valence electrons. The summed E-state index contributed by atoms with van der Waals surface area (Å²) in [6.07, 6.45) is 1.71. The first-order valence-corrected chi connectivity index (χ1v) is 7.19. The van der Waals surface area contributed by atoms with Crippen molar-refractivity contribution in [3.63, 3.8) is 0 Å². The zero-order valence-electron chi connectivity index (χ0n) is 11.0. The molecule has 3 N–H and O–H groups in total. The summed E-state index contributed by atoms with van der Waals surface area (Å²) in [5, 5.41) is 18.5. The number of hydrogen-bond donors (Lipinski definition) is 3. The van der Waals surface area contributed by atoms with Gasteiger partial charge in [0.25, 0.3) is 0 Å². The van der Waals surface area contributed by atoms with Crippen LogP contribution in [0.1, 0.15) is 30.9 Å². The van der Waals surface area contributed by atoms with E-state index in [0.717, 1.165) is 24.0 Å². The SMILES string of the molecule is Cc1cscc1CNC(=O)NC(C)(C(=O)O)C1CC1. The average Bonchev–Trinajstić information content (AvgIpc) is 3.11. The normalized spacial score (nSPS) is 17.6. The number of nitrogens with one attached hydrogen (secondary N) is 2. The fourth-order valence-corrected chi connectivity index (χ4v) is 2.87. The number of carbonyl (C=O) groups excluding carboxylic acids is 1. The van der Waals surface area contributed by atoms with Crippen LogP contribution < -0.4 is 10.6 Å². The number of urea groups is 1. The standard InChI is InChI=1S/C13H18N2O3S/c1-8-6-19-7-9(8)5-14-12(18)15-13(2,11(16)17)10-3-4-10/h6-7,10H,3-5H2,1-2H3,(H,16,17)(H2,14,15,18). The van der Waals surface area contributed by atoms with Crippen LogP contribution in [0.15, 0.2) is 10.8 Å². The Morgan fingerprint density at radius 3 is 2.63 bits per heavy atom. The second-order valence-corrected chi connectivity index (χ2v) is 5.91. The molecule has 19 heavy (non-hydrogen) atoms. The van der Waals surface area contributed by atoms with E-state index >= 15 is 0 Å². The fourth-order valence-electron chi connectivity index (χ4n) is 2.01. The van der Waals surface area contributed by atoms with Crippen molar-refractivity contribution in [1.29, 1.82) is 0 Å². The molecule has 1 saturated carbocycles. The van der Waals surface area contributed by atoms with Gasteiger partial charge in [0, 0.05) is 6.54 Å². The minimum Gasteiger partial charge on any atom is -0.480 e. The zero-order valence-corrected chi connectivity index (χ0v) is 11.8. The van der Waals surface area contributed by atoms with Gasteiger partial charge in [0.2, 0.25) is 0 Å². The lowest BCUT2D eigenvalue weighted by Gasteiger charge is -2.26. The maximum absolute atomic E-state index is 11.8. The van der Waals surface area contributed by atoms with Crippen molar-refractivity contribution in [2.45, 2.75) is 38.8 Å². The van der Waals surface area contributed by atoms with Crippen LogP contribution in [0.25, 0.3) is 0 Å². The second kappa shape index (κ2) is 5.21. The summed E-state index contributed by atoms with van der Waals surface area (Å²) >= 11 is 1.58. The van der Waals surface area contributed by atoms with Crippen LogP contribution in [0, 0.1) is 12.8 Å². The average molecular weight is 282 g/mol. The first kappa shape index (κ1) is 13.9. The molecule has 6 heteroatoms. The summed E-state index contributed by atoms with van der Waals surface area (Å²) in [5.41, 5.74) is 1.03. The van der Waals surface area contributed by atoms with Crippen molar-refractivity contribution in [2.75, 3.05) is 0 Å². The summed E-state index contributed by atoms with van der Waals surface area (Å²) in [6.45, 7) is 3.97. The number of aryl methyl sites for hydroxylation is 1. The maximum Gasteiger partial charge on any atom is 0.329 e. The van der Waals surface area contributed by atoms with E-state index in [-0.39, 0.29) is 5.92 Å². The Bertz CT molecular complexity index is 496. The summed E-state index contributed by atoms with van der Waals surface area (Å²) in [5.74, 6) is -0.935. The van der Waals surface area contributed by atoms with Crippen molar-refractivity contribution in [2.24, 2.45) is 5.92 Å². The van der Waals surface area contributed by atoms with Gasteiger partial charge in [0.1, 0.15) is 5.54 Å². The molecule has 2 amide bonds. The molecule has 0 saturated heterocycles. The fraction of sp³-hybridized carbons (Fsp3) is 0.538. The molecule has 1 heterocycles. The van der Waals surface area contributed by atoms with Crippen molar-refractivity contribution in [3.8, 4) is 0 Å². The number of aliphatic carboxylic acids is 1. The molecule has 0 aliphatic heterocycles. The van der Waals surface area contributed by atoms with Crippen molar-refractivity contribution in [1.82, 2.24) is 10.6 Å². The number of carbonyl (C=O) groups is 2. The molecule has 5 nitrogen and oxygen atoms in total. The molecular formula is C13H18N2O3S. The highest BCUT2D eigenvalue weighted by Crippen LogP contribution is 2.39. The third kappa shape index (κ3) is 3.07. The van der Waals surface area contributed by atoms with Gasteiger partial charge in [-0.25, -0.2) is 9.59 Å². The van der Waals surface area contributed by atoms with Crippen LogP contribution in [0.4, 0.5) is 4.79 Å². The summed E-state index contributed by atoms with van der Waals surface area (Å²) in [7, 11) is 0. The summed E-state index contributed by atoms with van der Waals surface area (Å²) in [6, 6.07) is -0.428. The minimum atomic E-state index is -1.16. The van der Waals surface area contributed by atoms with Gasteiger partial charge in [-0.15, -0.1) is 0 Å². The van der Waals surface area contributed by atoms with E-state index in [2.05, 4.69) is 10.6 Å². The minimum absolute atomic E-state index is 0.0404. The number of rotatable bonds is 5. The van der Waals surface area contributed by atoms with E-state index < -0.39 is 17.5 Å². The first-order chi connectivity index (χ1) is 8.93. The summed E-state index contributed by atoms with van der Waals surface area (Å²) < 4.78 is 0. The lowest BCUT2D eigenvalue weighted by atomic mass is 9.96. The summed E-state index contributed by atoms with van der Waals surface area (Å²) in [4.78, 5) is 23.1. The first-order valence-electron chi connectivity index (χ1n) is 6.24. The molecule has 0 aromatic carbocycles. The lowest BCUT2D eigenvalue weighted by molar-refractivity contribution is -0.144. The van der Waals surface area contributed by atoms with Crippen LogP contribution in [0.2, 0.25) is 0 Å². The molecule has 1 aromatic rings. The molecule has 2 rings (SSSR count). The predicted molar refractivity (Wildman–Crippen MR) is 73.2 cm³/mol. The molecule has 0 bridgehead atoms. The molecule has 1 aromatic heterocycles. The van der Waals surface area contributed by atoms with Crippen molar-refractivity contribution < 1.29 is 14.7 Å². The van der Waals surface area contributed by atoms with E-state index in [1.54, 1.807) is 18.3 Å². The van der Waals surface area contributed by atoms with Crippen LogP contribution in [0.3, 0.4) is 0 Å². The zero-order chi connectivity index (χ0) is 14.0. The third-order valence-electron chi connectivity index (χ3n) is 3.61. The molecule has 1 atom stereocenters. The Labute approximate surface area is 116 Å². The van der Waals surface area contributed by atoms with Gasteiger partial charge < -0.3 is 15.7 Å². The highest BCUT2D eigenvalue weighted by atomic mass is 32.1. The Morgan fingerprint density at radius 2 is 2.16 bits per heavy atom.